The number of amides is 1. The van der Waals surface area contributed by atoms with E-state index in [-0.39, 0.29) is 12.3 Å². The van der Waals surface area contributed by atoms with Gasteiger partial charge in [0.1, 0.15) is 0 Å². The van der Waals surface area contributed by atoms with E-state index in [2.05, 4.69) is 17.9 Å². The van der Waals surface area contributed by atoms with Gasteiger partial charge in [-0.25, -0.2) is 0 Å². The first-order valence-electron chi connectivity index (χ1n) is 5.58. The van der Waals surface area contributed by atoms with Crippen LogP contribution in [-0.2, 0) is 11.2 Å². The lowest BCUT2D eigenvalue weighted by Crippen LogP contribution is -2.14. The third-order valence-electron chi connectivity index (χ3n) is 2.53. The summed E-state index contributed by atoms with van der Waals surface area (Å²) in [7, 11) is 0. The molecule has 0 saturated carbocycles. The second-order valence-corrected chi connectivity index (χ2v) is 5.29. The minimum atomic E-state index is -0.143. The molecule has 2 aromatic rings. The molecule has 19 heavy (non-hydrogen) atoms. The van der Waals surface area contributed by atoms with Crippen LogP contribution in [0.3, 0.4) is 0 Å². The summed E-state index contributed by atoms with van der Waals surface area (Å²) in [6, 6.07) is 12.5. The lowest BCUT2D eigenvalue weighted by molar-refractivity contribution is -0.115. The van der Waals surface area contributed by atoms with Crippen molar-refractivity contribution in [2.75, 3.05) is 5.32 Å². The molecule has 0 heterocycles. The predicted molar refractivity (Wildman–Crippen MR) is 82.5 cm³/mol. The smallest absolute Gasteiger partial charge is 0.228 e. The SMILES string of the molecule is O=C(Cc1ccc(S)cc1)Nc1cccc(Cl)c1Cl. The van der Waals surface area contributed by atoms with Gasteiger partial charge in [-0.15, -0.1) is 12.6 Å². The maximum absolute atomic E-state index is 11.9. The fourth-order valence-electron chi connectivity index (χ4n) is 1.59. The first kappa shape index (κ1) is 14.3. The fraction of sp³-hybridized carbons (Fsp3) is 0.0714. The third-order valence-corrected chi connectivity index (χ3v) is 3.64. The van der Waals surface area contributed by atoms with E-state index in [9.17, 15) is 4.79 Å². The molecule has 1 N–H and O–H groups in total. The van der Waals surface area contributed by atoms with Gasteiger partial charge in [-0.05, 0) is 29.8 Å². The summed E-state index contributed by atoms with van der Waals surface area (Å²) in [4.78, 5) is 12.8. The van der Waals surface area contributed by atoms with Crippen molar-refractivity contribution in [3.63, 3.8) is 0 Å². The van der Waals surface area contributed by atoms with Crippen LogP contribution in [0, 0.1) is 0 Å². The van der Waals surface area contributed by atoms with E-state index in [1.165, 1.54) is 0 Å². The summed E-state index contributed by atoms with van der Waals surface area (Å²) in [5.74, 6) is -0.143. The molecular formula is C14H11Cl2NOS. The summed E-state index contributed by atoms with van der Waals surface area (Å²) in [6.07, 6.45) is 0.275. The molecule has 0 aliphatic rings. The Hall–Kier alpha value is -1.16. The van der Waals surface area contributed by atoms with Crippen LogP contribution in [0.1, 0.15) is 5.56 Å². The van der Waals surface area contributed by atoms with Gasteiger partial charge in [0.2, 0.25) is 5.91 Å². The summed E-state index contributed by atoms with van der Waals surface area (Å²) in [6.45, 7) is 0. The van der Waals surface area contributed by atoms with Gasteiger partial charge >= 0.3 is 0 Å². The zero-order valence-corrected chi connectivity index (χ0v) is 12.3. The molecule has 0 saturated heterocycles. The standard InChI is InChI=1S/C14H11Cl2NOS/c15-11-2-1-3-12(14(11)16)17-13(18)8-9-4-6-10(19)7-5-9/h1-7,19H,8H2,(H,17,18). The van der Waals surface area contributed by atoms with Crippen molar-refractivity contribution in [3.05, 3.63) is 58.1 Å². The Kier molecular flexibility index (Phi) is 4.75. The Bertz CT molecular complexity index is 599. The molecule has 0 atom stereocenters. The average molecular weight is 312 g/mol. The number of nitrogens with one attached hydrogen (secondary N) is 1. The van der Waals surface area contributed by atoms with Gasteiger partial charge in [0.05, 0.1) is 22.2 Å². The van der Waals surface area contributed by atoms with Crippen LogP contribution in [0.15, 0.2) is 47.4 Å². The van der Waals surface area contributed by atoms with Crippen molar-refractivity contribution in [1.29, 1.82) is 0 Å². The number of carbonyl (C=O) groups excluding carboxylic acids is 1. The third kappa shape index (κ3) is 3.90. The summed E-state index contributed by atoms with van der Waals surface area (Å²) in [5, 5.41) is 3.51. The zero-order valence-electron chi connectivity index (χ0n) is 9.86. The molecule has 0 aliphatic carbocycles. The topological polar surface area (TPSA) is 29.1 Å². The van der Waals surface area contributed by atoms with Crippen LogP contribution >= 0.6 is 35.8 Å². The van der Waals surface area contributed by atoms with E-state index in [4.69, 9.17) is 23.2 Å². The molecule has 0 aromatic heterocycles. The Morgan fingerprint density at radius 2 is 1.79 bits per heavy atom. The number of anilines is 1. The van der Waals surface area contributed by atoms with E-state index in [1.54, 1.807) is 18.2 Å². The molecule has 2 aromatic carbocycles. The van der Waals surface area contributed by atoms with Crippen LogP contribution in [0.5, 0.6) is 0 Å². The monoisotopic (exact) mass is 311 g/mol. The molecule has 0 unspecified atom stereocenters. The number of hydrogen-bond acceptors (Lipinski definition) is 2. The van der Waals surface area contributed by atoms with Crippen molar-refractivity contribution >= 4 is 47.4 Å². The first-order valence-corrected chi connectivity index (χ1v) is 6.78. The van der Waals surface area contributed by atoms with Crippen molar-refractivity contribution < 1.29 is 4.79 Å². The van der Waals surface area contributed by atoms with Gasteiger partial charge in [0, 0.05) is 4.90 Å². The molecule has 0 aliphatic heterocycles. The average Bonchev–Trinajstić information content (AvgIpc) is 2.38. The minimum Gasteiger partial charge on any atom is -0.324 e. The zero-order chi connectivity index (χ0) is 13.8. The Labute approximate surface area is 127 Å². The fourth-order valence-corrected chi connectivity index (χ4v) is 2.09. The molecule has 0 fully saturated rings. The van der Waals surface area contributed by atoms with E-state index >= 15 is 0 Å². The molecule has 0 radical (unpaired) electrons. The van der Waals surface area contributed by atoms with E-state index in [1.807, 2.05) is 24.3 Å². The van der Waals surface area contributed by atoms with Crippen LogP contribution in [0.2, 0.25) is 10.0 Å². The van der Waals surface area contributed by atoms with Crippen molar-refractivity contribution in [2.45, 2.75) is 11.3 Å². The molecule has 2 nitrogen and oxygen atoms in total. The lowest BCUT2D eigenvalue weighted by Gasteiger charge is -2.08. The second kappa shape index (κ2) is 6.33. The van der Waals surface area contributed by atoms with Crippen LogP contribution < -0.4 is 5.32 Å². The molecule has 1 amide bonds. The number of halogens is 2. The number of rotatable bonds is 3. The van der Waals surface area contributed by atoms with Crippen molar-refractivity contribution in [3.8, 4) is 0 Å². The Balaban J connectivity index is 2.05. The molecule has 0 spiro atoms. The summed E-state index contributed by atoms with van der Waals surface area (Å²) >= 11 is 16.1. The first-order chi connectivity index (χ1) is 9.06. The molecule has 0 bridgehead atoms. The molecular weight excluding hydrogens is 301 g/mol. The summed E-state index contributed by atoms with van der Waals surface area (Å²) < 4.78 is 0. The molecule has 2 rings (SSSR count). The molecule has 5 heteroatoms. The van der Waals surface area contributed by atoms with E-state index in [0.29, 0.717) is 15.7 Å². The highest BCUT2D eigenvalue weighted by molar-refractivity contribution is 7.80. The van der Waals surface area contributed by atoms with Gasteiger partial charge in [-0.3, -0.25) is 4.79 Å². The highest BCUT2D eigenvalue weighted by Gasteiger charge is 2.08. The van der Waals surface area contributed by atoms with E-state index < -0.39 is 0 Å². The van der Waals surface area contributed by atoms with Gasteiger partial charge in [0.25, 0.3) is 0 Å². The number of benzene rings is 2. The number of thiol groups is 1. The van der Waals surface area contributed by atoms with Crippen LogP contribution in [0.25, 0.3) is 0 Å². The summed E-state index contributed by atoms with van der Waals surface area (Å²) in [5.41, 5.74) is 1.43. The van der Waals surface area contributed by atoms with Gasteiger partial charge < -0.3 is 5.32 Å². The van der Waals surface area contributed by atoms with Crippen LogP contribution in [-0.4, -0.2) is 5.91 Å². The quantitative estimate of drug-likeness (QED) is 0.805. The van der Waals surface area contributed by atoms with Gasteiger partial charge in [-0.2, -0.15) is 0 Å². The highest BCUT2D eigenvalue weighted by Crippen LogP contribution is 2.29. The Morgan fingerprint density at radius 3 is 2.47 bits per heavy atom. The largest absolute Gasteiger partial charge is 0.324 e. The molecule has 98 valence electrons. The Morgan fingerprint density at radius 1 is 1.11 bits per heavy atom. The highest BCUT2D eigenvalue weighted by atomic mass is 35.5. The van der Waals surface area contributed by atoms with Crippen LogP contribution in [0.4, 0.5) is 5.69 Å². The van der Waals surface area contributed by atoms with Gasteiger partial charge in [0.15, 0.2) is 0 Å². The van der Waals surface area contributed by atoms with Crippen molar-refractivity contribution in [1.82, 2.24) is 0 Å². The normalized spacial score (nSPS) is 10.3. The van der Waals surface area contributed by atoms with Crippen molar-refractivity contribution in [2.24, 2.45) is 0 Å². The number of hydrogen-bond donors (Lipinski definition) is 2. The lowest BCUT2D eigenvalue weighted by atomic mass is 10.1. The number of carbonyl (C=O) groups is 1. The van der Waals surface area contributed by atoms with E-state index in [0.717, 1.165) is 10.5 Å². The second-order valence-electron chi connectivity index (χ2n) is 3.99. The maximum Gasteiger partial charge on any atom is 0.228 e. The maximum atomic E-state index is 11.9. The predicted octanol–water partition coefficient (Wildman–Crippen LogP) is 4.46. The minimum absolute atomic E-state index is 0.143. The van der Waals surface area contributed by atoms with Gasteiger partial charge in [-0.1, -0.05) is 41.4 Å².